The summed E-state index contributed by atoms with van der Waals surface area (Å²) in [7, 11) is 0. The van der Waals surface area contributed by atoms with Gasteiger partial charge in [-0.25, -0.2) is 14.2 Å². The first kappa shape index (κ1) is 16.4. The molecule has 0 N–H and O–H groups in total. The Kier molecular flexibility index (Phi) is 4.79. The van der Waals surface area contributed by atoms with Crippen molar-refractivity contribution < 1.29 is 9.18 Å². The third kappa shape index (κ3) is 3.12. The molecule has 1 aliphatic rings. The second kappa shape index (κ2) is 7.00. The topological polar surface area (TPSA) is 29.4 Å². The average molecular weight is 337 g/mol. The summed E-state index contributed by atoms with van der Waals surface area (Å²) >= 11 is 1.70. The molecule has 0 bridgehead atoms. The largest absolute Gasteiger partial charge is 0.235 e. The first-order valence-electron chi connectivity index (χ1n) is 7.54. The standard InChI is InChI=1S/C20H16FNOS/c1-13-18(9-14-3-6-16(24-2)7-4-14)17-8-5-15(21)10-19(17)20(13)11-22-12-23/h3-10H,11H2,1-2H3/b18-9+. The van der Waals surface area contributed by atoms with Crippen molar-refractivity contribution in [2.75, 3.05) is 12.8 Å². The second-order valence-electron chi connectivity index (χ2n) is 5.53. The molecule has 2 nitrogen and oxygen atoms in total. The monoisotopic (exact) mass is 337 g/mol. The van der Waals surface area contributed by atoms with Crippen LogP contribution in [-0.4, -0.2) is 18.9 Å². The van der Waals surface area contributed by atoms with E-state index in [0.717, 1.165) is 33.4 Å². The van der Waals surface area contributed by atoms with E-state index in [0.29, 0.717) is 0 Å². The molecule has 2 aromatic carbocycles. The van der Waals surface area contributed by atoms with E-state index in [1.807, 2.05) is 13.2 Å². The SMILES string of the molecule is CSc1ccc(/C=C2\C(C)=C(CN=C=O)c3cc(F)ccc32)cc1. The molecular weight excluding hydrogens is 321 g/mol. The van der Waals surface area contributed by atoms with E-state index in [2.05, 4.69) is 35.3 Å². The van der Waals surface area contributed by atoms with Crippen LogP contribution in [0.4, 0.5) is 4.39 Å². The molecule has 1 aliphatic carbocycles. The number of fused-ring (bicyclic) bond motifs is 1. The Labute approximate surface area is 144 Å². The average Bonchev–Trinajstić information content (AvgIpc) is 2.85. The van der Waals surface area contributed by atoms with Gasteiger partial charge in [-0.3, -0.25) is 0 Å². The fourth-order valence-corrected chi connectivity index (χ4v) is 3.34. The molecule has 0 heterocycles. The number of allylic oxidation sites excluding steroid dienone is 2. The van der Waals surface area contributed by atoms with Gasteiger partial charge in [0, 0.05) is 4.90 Å². The van der Waals surface area contributed by atoms with E-state index in [1.165, 1.54) is 17.0 Å². The number of thioether (sulfide) groups is 1. The molecule has 0 spiro atoms. The van der Waals surface area contributed by atoms with Crippen molar-refractivity contribution in [2.24, 2.45) is 4.99 Å². The lowest BCUT2D eigenvalue weighted by molar-refractivity contribution is 0.564. The summed E-state index contributed by atoms with van der Waals surface area (Å²) in [4.78, 5) is 15.4. The predicted molar refractivity (Wildman–Crippen MR) is 98.1 cm³/mol. The maximum Gasteiger partial charge on any atom is 0.235 e. The molecule has 0 unspecified atom stereocenters. The van der Waals surface area contributed by atoms with Crippen LogP contribution in [0.25, 0.3) is 17.2 Å². The van der Waals surface area contributed by atoms with E-state index in [1.54, 1.807) is 23.9 Å². The summed E-state index contributed by atoms with van der Waals surface area (Å²) in [6.45, 7) is 2.20. The highest BCUT2D eigenvalue weighted by molar-refractivity contribution is 7.98. The van der Waals surface area contributed by atoms with Crippen LogP contribution in [0.15, 0.2) is 57.9 Å². The third-order valence-corrected chi connectivity index (χ3v) is 4.93. The molecule has 0 saturated carbocycles. The first-order valence-corrected chi connectivity index (χ1v) is 8.76. The van der Waals surface area contributed by atoms with Gasteiger partial charge in [-0.1, -0.05) is 18.2 Å². The van der Waals surface area contributed by atoms with Crippen LogP contribution in [0, 0.1) is 5.82 Å². The zero-order valence-corrected chi connectivity index (χ0v) is 14.3. The molecule has 0 aromatic heterocycles. The van der Waals surface area contributed by atoms with Gasteiger partial charge in [-0.15, -0.1) is 11.8 Å². The normalized spacial score (nSPS) is 14.7. The highest BCUT2D eigenvalue weighted by Gasteiger charge is 2.23. The lowest BCUT2D eigenvalue weighted by Crippen LogP contribution is -1.89. The number of halogens is 1. The zero-order valence-electron chi connectivity index (χ0n) is 13.5. The molecule has 0 aliphatic heterocycles. The summed E-state index contributed by atoms with van der Waals surface area (Å²) in [5.74, 6) is -0.292. The molecule has 2 aromatic rings. The number of carbonyl (C=O) groups excluding carboxylic acids is 1. The van der Waals surface area contributed by atoms with Gasteiger partial charge in [0.15, 0.2) is 0 Å². The first-order chi connectivity index (χ1) is 11.6. The van der Waals surface area contributed by atoms with Crippen molar-refractivity contribution in [3.05, 3.63) is 70.5 Å². The number of nitrogens with zero attached hydrogens (tertiary/aromatic N) is 1. The van der Waals surface area contributed by atoms with Crippen LogP contribution < -0.4 is 0 Å². The molecule has 0 radical (unpaired) electrons. The minimum absolute atomic E-state index is 0.217. The number of rotatable bonds is 4. The number of isocyanates is 1. The van der Waals surface area contributed by atoms with Crippen LogP contribution in [0.3, 0.4) is 0 Å². The zero-order chi connectivity index (χ0) is 17.1. The molecule has 0 fully saturated rings. The van der Waals surface area contributed by atoms with Gasteiger partial charge in [0.25, 0.3) is 0 Å². The summed E-state index contributed by atoms with van der Waals surface area (Å²) < 4.78 is 13.7. The van der Waals surface area contributed by atoms with E-state index >= 15 is 0 Å². The van der Waals surface area contributed by atoms with Gasteiger partial charge in [0.2, 0.25) is 6.08 Å². The predicted octanol–water partition coefficient (Wildman–Crippen LogP) is 5.21. The smallest absolute Gasteiger partial charge is 0.211 e. The fraction of sp³-hybridized carbons (Fsp3) is 0.150. The molecule has 120 valence electrons. The van der Waals surface area contributed by atoms with Crippen LogP contribution >= 0.6 is 11.8 Å². The van der Waals surface area contributed by atoms with Crippen molar-refractivity contribution in [3.63, 3.8) is 0 Å². The molecular formula is C20H16FNOS. The Hall–Kier alpha value is -2.42. The minimum atomic E-state index is -0.292. The van der Waals surface area contributed by atoms with Gasteiger partial charge in [0.05, 0.1) is 6.54 Å². The van der Waals surface area contributed by atoms with Gasteiger partial charge < -0.3 is 0 Å². The Bertz CT molecular complexity index is 890. The summed E-state index contributed by atoms with van der Waals surface area (Å²) in [5.41, 5.74) is 5.79. The van der Waals surface area contributed by atoms with Crippen LogP contribution in [0.2, 0.25) is 0 Å². The van der Waals surface area contributed by atoms with Crippen LogP contribution in [-0.2, 0) is 4.79 Å². The summed E-state index contributed by atoms with van der Waals surface area (Å²) in [6, 6.07) is 13.0. The lowest BCUT2D eigenvalue weighted by Gasteiger charge is -2.05. The Morgan fingerprint density at radius 2 is 1.92 bits per heavy atom. The van der Waals surface area contributed by atoms with Gasteiger partial charge in [-0.05, 0) is 76.9 Å². The minimum Gasteiger partial charge on any atom is -0.211 e. The molecule has 24 heavy (non-hydrogen) atoms. The highest BCUT2D eigenvalue weighted by atomic mass is 32.2. The van der Waals surface area contributed by atoms with Crippen LogP contribution in [0.5, 0.6) is 0 Å². The van der Waals surface area contributed by atoms with Crippen molar-refractivity contribution in [2.45, 2.75) is 11.8 Å². The molecule has 0 saturated heterocycles. The van der Waals surface area contributed by atoms with Crippen molar-refractivity contribution in [3.8, 4) is 0 Å². The fourth-order valence-electron chi connectivity index (χ4n) is 2.94. The van der Waals surface area contributed by atoms with Crippen molar-refractivity contribution in [1.29, 1.82) is 0 Å². The Balaban J connectivity index is 2.11. The quantitative estimate of drug-likeness (QED) is 0.435. The highest BCUT2D eigenvalue weighted by Crippen LogP contribution is 2.42. The molecule has 3 rings (SSSR count). The Morgan fingerprint density at radius 3 is 2.58 bits per heavy atom. The molecule has 0 atom stereocenters. The van der Waals surface area contributed by atoms with Gasteiger partial charge in [0.1, 0.15) is 5.82 Å². The summed E-state index contributed by atoms with van der Waals surface area (Å²) in [6.07, 6.45) is 5.70. The van der Waals surface area contributed by atoms with Crippen LogP contribution in [0.1, 0.15) is 23.6 Å². The lowest BCUT2D eigenvalue weighted by atomic mass is 10.0. The summed E-state index contributed by atoms with van der Waals surface area (Å²) in [5, 5.41) is 0. The van der Waals surface area contributed by atoms with Crippen molar-refractivity contribution in [1.82, 2.24) is 0 Å². The maximum atomic E-state index is 13.7. The van der Waals surface area contributed by atoms with E-state index in [9.17, 15) is 9.18 Å². The van der Waals surface area contributed by atoms with E-state index in [-0.39, 0.29) is 12.4 Å². The second-order valence-corrected chi connectivity index (χ2v) is 6.41. The number of aliphatic imine (C=N–C) groups is 1. The number of hydrogen-bond donors (Lipinski definition) is 0. The number of benzene rings is 2. The van der Waals surface area contributed by atoms with Gasteiger partial charge >= 0.3 is 0 Å². The van der Waals surface area contributed by atoms with Gasteiger partial charge in [-0.2, -0.15) is 0 Å². The van der Waals surface area contributed by atoms with E-state index in [4.69, 9.17) is 0 Å². The molecule has 0 amide bonds. The Morgan fingerprint density at radius 1 is 1.17 bits per heavy atom. The molecule has 4 heteroatoms. The number of hydrogen-bond acceptors (Lipinski definition) is 3. The van der Waals surface area contributed by atoms with Crippen molar-refractivity contribution >= 4 is 35.1 Å². The van der Waals surface area contributed by atoms with E-state index < -0.39 is 0 Å². The maximum absolute atomic E-state index is 13.7. The third-order valence-electron chi connectivity index (χ3n) is 4.18.